The van der Waals surface area contributed by atoms with Crippen molar-refractivity contribution < 1.29 is 33.3 Å². The van der Waals surface area contributed by atoms with Crippen LogP contribution in [0.3, 0.4) is 0 Å². The Labute approximate surface area is 226 Å². The van der Waals surface area contributed by atoms with E-state index in [1.807, 2.05) is 6.92 Å². The summed E-state index contributed by atoms with van der Waals surface area (Å²) in [5.41, 5.74) is 7.54. The first-order valence-electron chi connectivity index (χ1n) is 13.0. The third-order valence-corrected chi connectivity index (χ3v) is 6.42. The average Bonchev–Trinajstić information content (AvgIpc) is 2.95. The molecule has 1 aliphatic heterocycles. The molecule has 39 heavy (non-hydrogen) atoms. The van der Waals surface area contributed by atoms with E-state index in [9.17, 15) is 9.59 Å². The number of amides is 1. The number of para-hydroxylation sites is 3. The summed E-state index contributed by atoms with van der Waals surface area (Å²) < 4.78 is 28.8. The number of ether oxygens (including phenoxy) is 4. The highest BCUT2D eigenvalue weighted by Gasteiger charge is 2.39. The summed E-state index contributed by atoms with van der Waals surface area (Å²) in [5.74, 6) is -1.41. The predicted molar refractivity (Wildman–Crippen MR) is 146 cm³/mol. The van der Waals surface area contributed by atoms with Crippen molar-refractivity contribution >= 4 is 28.3 Å². The smallest absolute Gasteiger partial charge is 0.290 e. The van der Waals surface area contributed by atoms with Crippen molar-refractivity contribution in [3.63, 3.8) is 0 Å². The van der Waals surface area contributed by atoms with E-state index in [-0.39, 0.29) is 30.3 Å². The van der Waals surface area contributed by atoms with Crippen LogP contribution in [-0.4, -0.2) is 56.9 Å². The zero-order chi connectivity index (χ0) is 27.6. The van der Waals surface area contributed by atoms with Crippen molar-refractivity contribution in [2.45, 2.75) is 25.6 Å². The van der Waals surface area contributed by atoms with Crippen molar-refractivity contribution in [1.82, 2.24) is 0 Å². The highest BCUT2D eigenvalue weighted by atomic mass is 16.7. The number of nitrogen functional groups attached to an aromatic ring is 1. The van der Waals surface area contributed by atoms with E-state index in [1.54, 1.807) is 54.6 Å². The number of nitrogens with two attached hydrogens (primary N) is 1. The minimum atomic E-state index is -0.820. The molecule has 208 valence electrons. The second kappa shape index (κ2) is 13.9. The van der Waals surface area contributed by atoms with Crippen LogP contribution in [0.4, 0.5) is 11.4 Å². The zero-order valence-electron chi connectivity index (χ0n) is 21.8. The number of allylic oxidation sites excluding steroid dienone is 1. The van der Waals surface area contributed by atoms with Crippen molar-refractivity contribution in [3.8, 4) is 0 Å². The van der Waals surface area contributed by atoms with Crippen LogP contribution in [0.5, 0.6) is 0 Å². The molecule has 2 aromatic carbocycles. The fourth-order valence-corrected chi connectivity index (χ4v) is 4.52. The first-order chi connectivity index (χ1) is 19.0. The van der Waals surface area contributed by atoms with Gasteiger partial charge >= 0.3 is 0 Å². The number of hydrogen-bond acceptors (Lipinski definition) is 9. The summed E-state index contributed by atoms with van der Waals surface area (Å²) >= 11 is 0. The van der Waals surface area contributed by atoms with E-state index < -0.39 is 18.1 Å². The number of aliphatic hydroxyl groups excluding tert-OH is 1. The van der Waals surface area contributed by atoms with Gasteiger partial charge in [-0.1, -0.05) is 24.3 Å². The molecule has 0 radical (unpaired) electrons. The van der Waals surface area contributed by atoms with Crippen LogP contribution in [0.25, 0.3) is 11.0 Å². The van der Waals surface area contributed by atoms with Crippen LogP contribution in [-0.2, 0) is 23.7 Å². The molecular formula is C29H34N2O8. The Bertz CT molecular complexity index is 1340. The minimum Gasteiger partial charge on any atom is -0.464 e. The normalized spacial score (nSPS) is 18.9. The Hall–Kier alpha value is -3.70. The SMILES string of the molecule is CCO[C@H]1OC(C(=O)Nc2ccccc2N)=C[C@@H](c2coc3ccccc3c2=O)[C@H]1CCOCCOCCO. The Kier molecular flexibility index (Phi) is 10.1. The van der Waals surface area contributed by atoms with E-state index >= 15 is 0 Å². The van der Waals surface area contributed by atoms with E-state index in [0.29, 0.717) is 60.8 Å². The van der Waals surface area contributed by atoms with Crippen molar-refractivity contribution in [2.24, 2.45) is 5.92 Å². The standard InChI is InChI=1S/C29H34N2O8/c1-2-37-29-19(11-13-35-15-16-36-14-12-32)21(22-18-38-25-10-6-3-7-20(25)27(22)33)17-26(39-29)28(34)31-24-9-5-4-8-23(24)30/h3-10,17-19,21,29,32H,2,11-16,30H2,1H3,(H,31,34)/t19-,21-,29+/m1/s1. The van der Waals surface area contributed by atoms with Crippen LogP contribution in [0.1, 0.15) is 24.8 Å². The van der Waals surface area contributed by atoms with Gasteiger partial charge in [0.1, 0.15) is 5.58 Å². The third-order valence-electron chi connectivity index (χ3n) is 6.42. The summed E-state index contributed by atoms with van der Waals surface area (Å²) in [7, 11) is 0. The largest absolute Gasteiger partial charge is 0.464 e. The topological polar surface area (TPSA) is 142 Å². The van der Waals surface area contributed by atoms with Gasteiger partial charge in [0.15, 0.2) is 11.2 Å². The van der Waals surface area contributed by atoms with Gasteiger partial charge in [0.05, 0.1) is 49.5 Å². The fraction of sp³-hybridized carbons (Fsp3) is 0.379. The molecule has 10 heteroatoms. The maximum Gasteiger partial charge on any atom is 0.290 e. The number of nitrogens with one attached hydrogen (secondary N) is 1. The van der Waals surface area contributed by atoms with Crippen molar-refractivity contribution in [3.05, 3.63) is 82.4 Å². The number of anilines is 2. The van der Waals surface area contributed by atoms with Crippen LogP contribution in [0, 0.1) is 5.92 Å². The molecule has 0 spiro atoms. The highest BCUT2D eigenvalue weighted by molar-refractivity contribution is 6.04. The number of carbonyl (C=O) groups excluding carboxylic acids is 1. The van der Waals surface area contributed by atoms with Crippen LogP contribution in [0.15, 0.2) is 75.8 Å². The summed E-state index contributed by atoms with van der Waals surface area (Å²) in [4.78, 5) is 26.8. The van der Waals surface area contributed by atoms with Gasteiger partial charge < -0.3 is 39.5 Å². The first-order valence-corrected chi connectivity index (χ1v) is 13.0. The van der Waals surface area contributed by atoms with Gasteiger partial charge in [-0.15, -0.1) is 0 Å². The number of carbonyl (C=O) groups is 1. The summed E-state index contributed by atoms with van der Waals surface area (Å²) in [6, 6.07) is 13.9. The van der Waals surface area contributed by atoms with E-state index in [1.165, 1.54) is 6.26 Å². The third kappa shape index (κ3) is 7.04. The molecule has 1 amide bonds. The second-order valence-electron chi connectivity index (χ2n) is 8.96. The van der Waals surface area contributed by atoms with Gasteiger partial charge in [-0.05, 0) is 43.7 Å². The fourth-order valence-electron chi connectivity index (χ4n) is 4.52. The predicted octanol–water partition coefficient (Wildman–Crippen LogP) is 3.41. The maximum absolute atomic E-state index is 13.6. The van der Waals surface area contributed by atoms with Gasteiger partial charge in [-0.25, -0.2) is 0 Å². The molecule has 0 bridgehead atoms. The zero-order valence-corrected chi connectivity index (χ0v) is 21.8. The molecule has 0 unspecified atom stereocenters. The van der Waals surface area contributed by atoms with Gasteiger partial charge in [0, 0.05) is 30.6 Å². The Morgan fingerprint density at radius 2 is 1.79 bits per heavy atom. The molecule has 4 rings (SSSR count). The summed E-state index contributed by atoms with van der Waals surface area (Å²) in [6.07, 6.45) is 2.74. The molecule has 1 aliphatic rings. The van der Waals surface area contributed by atoms with E-state index in [0.717, 1.165) is 0 Å². The lowest BCUT2D eigenvalue weighted by atomic mass is 9.81. The molecule has 3 atom stereocenters. The molecule has 0 saturated heterocycles. The lowest BCUT2D eigenvalue weighted by Gasteiger charge is -2.36. The van der Waals surface area contributed by atoms with Gasteiger partial charge in [-0.2, -0.15) is 0 Å². The Morgan fingerprint density at radius 1 is 1.05 bits per heavy atom. The lowest BCUT2D eigenvalue weighted by Crippen LogP contribution is -2.39. The quantitative estimate of drug-likeness (QED) is 0.220. The summed E-state index contributed by atoms with van der Waals surface area (Å²) in [5, 5.41) is 12.1. The number of aliphatic hydroxyl groups is 1. The number of fused-ring (bicyclic) bond motifs is 1. The average molecular weight is 539 g/mol. The monoisotopic (exact) mass is 538 g/mol. The van der Waals surface area contributed by atoms with Crippen molar-refractivity contribution in [1.29, 1.82) is 0 Å². The maximum atomic E-state index is 13.6. The van der Waals surface area contributed by atoms with Gasteiger partial charge in [-0.3, -0.25) is 9.59 Å². The molecule has 10 nitrogen and oxygen atoms in total. The van der Waals surface area contributed by atoms with Gasteiger partial charge in [0.25, 0.3) is 5.91 Å². The van der Waals surface area contributed by atoms with Crippen LogP contribution >= 0.6 is 0 Å². The summed E-state index contributed by atoms with van der Waals surface area (Å²) in [6.45, 7) is 3.39. The molecule has 1 aromatic heterocycles. The molecular weight excluding hydrogens is 504 g/mol. The number of benzene rings is 2. The van der Waals surface area contributed by atoms with E-state index in [2.05, 4.69) is 5.32 Å². The molecule has 0 aliphatic carbocycles. The first kappa shape index (κ1) is 28.3. The van der Waals surface area contributed by atoms with Crippen molar-refractivity contribution in [2.75, 3.05) is 50.7 Å². The minimum absolute atomic E-state index is 0.0174. The van der Waals surface area contributed by atoms with Crippen LogP contribution < -0.4 is 16.5 Å². The molecule has 4 N–H and O–H groups in total. The molecule has 0 fully saturated rings. The highest BCUT2D eigenvalue weighted by Crippen LogP contribution is 2.38. The molecule has 0 saturated carbocycles. The number of rotatable bonds is 13. The Balaban J connectivity index is 1.65. The second-order valence-corrected chi connectivity index (χ2v) is 8.96. The Morgan fingerprint density at radius 3 is 2.56 bits per heavy atom. The lowest BCUT2D eigenvalue weighted by molar-refractivity contribution is -0.166. The van der Waals surface area contributed by atoms with Crippen LogP contribution in [0.2, 0.25) is 0 Å². The molecule has 2 heterocycles. The van der Waals surface area contributed by atoms with E-state index in [4.69, 9.17) is 34.2 Å². The molecule has 3 aromatic rings. The van der Waals surface area contributed by atoms with Gasteiger partial charge in [0.2, 0.25) is 6.29 Å². The number of hydrogen-bond donors (Lipinski definition) is 3.